The summed E-state index contributed by atoms with van der Waals surface area (Å²) in [6.45, 7) is 0. The number of benzene rings is 1. The van der Waals surface area contributed by atoms with E-state index in [9.17, 15) is 4.79 Å². The zero-order valence-electron chi connectivity index (χ0n) is 14.4. The molecule has 0 aliphatic rings. The van der Waals surface area contributed by atoms with E-state index in [4.69, 9.17) is 9.47 Å². The first-order chi connectivity index (χ1) is 12.7. The third-order valence-electron chi connectivity index (χ3n) is 3.60. The highest BCUT2D eigenvalue weighted by Crippen LogP contribution is 2.29. The molecule has 0 bridgehead atoms. The normalized spacial score (nSPS) is 10.4. The SMILES string of the molecule is COc1ccc(Cc2nnc(NC(=O)Cc3cccnc3)s2)cc1OC. The molecule has 0 aliphatic carbocycles. The second-order valence-electron chi connectivity index (χ2n) is 5.45. The summed E-state index contributed by atoms with van der Waals surface area (Å²) in [5, 5.41) is 12.2. The van der Waals surface area contributed by atoms with Gasteiger partial charge in [-0.05, 0) is 29.3 Å². The number of hydrogen-bond donors (Lipinski definition) is 1. The standard InChI is InChI=1S/C18H18N4O3S/c1-24-14-6-5-12(8-15(14)25-2)10-17-21-22-18(26-17)20-16(23)9-13-4-3-7-19-11-13/h3-8,11H,9-10H2,1-2H3,(H,20,22,23). The van der Waals surface area contributed by atoms with Crippen molar-refractivity contribution in [2.45, 2.75) is 12.8 Å². The molecule has 0 spiro atoms. The minimum Gasteiger partial charge on any atom is -0.493 e. The van der Waals surface area contributed by atoms with Crippen molar-refractivity contribution < 1.29 is 14.3 Å². The average molecular weight is 370 g/mol. The van der Waals surface area contributed by atoms with E-state index < -0.39 is 0 Å². The molecule has 3 aromatic rings. The monoisotopic (exact) mass is 370 g/mol. The lowest BCUT2D eigenvalue weighted by molar-refractivity contribution is -0.115. The van der Waals surface area contributed by atoms with Crippen LogP contribution in [0.1, 0.15) is 16.1 Å². The van der Waals surface area contributed by atoms with Crippen molar-refractivity contribution in [1.82, 2.24) is 15.2 Å². The fourth-order valence-electron chi connectivity index (χ4n) is 2.39. The summed E-state index contributed by atoms with van der Waals surface area (Å²) >= 11 is 1.35. The molecular weight excluding hydrogens is 352 g/mol. The number of nitrogens with one attached hydrogen (secondary N) is 1. The fourth-order valence-corrected chi connectivity index (χ4v) is 3.18. The number of aromatic nitrogens is 3. The number of carbonyl (C=O) groups is 1. The van der Waals surface area contributed by atoms with Gasteiger partial charge in [0.2, 0.25) is 11.0 Å². The highest BCUT2D eigenvalue weighted by atomic mass is 32.1. The fraction of sp³-hybridized carbons (Fsp3) is 0.222. The summed E-state index contributed by atoms with van der Waals surface area (Å²) in [7, 11) is 3.20. The Balaban J connectivity index is 1.62. The molecule has 8 heteroatoms. The summed E-state index contributed by atoms with van der Waals surface area (Å²) in [6.07, 6.45) is 4.18. The number of nitrogens with zero attached hydrogens (tertiary/aromatic N) is 3. The number of methoxy groups -OCH3 is 2. The van der Waals surface area contributed by atoms with E-state index in [0.717, 1.165) is 16.1 Å². The molecule has 0 fully saturated rings. The van der Waals surface area contributed by atoms with E-state index in [1.807, 2.05) is 24.3 Å². The maximum atomic E-state index is 12.1. The first-order valence-electron chi connectivity index (χ1n) is 7.90. The maximum absolute atomic E-state index is 12.1. The lowest BCUT2D eigenvalue weighted by Gasteiger charge is -2.08. The number of amides is 1. The first-order valence-corrected chi connectivity index (χ1v) is 8.71. The molecule has 1 aromatic carbocycles. The van der Waals surface area contributed by atoms with Gasteiger partial charge in [-0.2, -0.15) is 0 Å². The summed E-state index contributed by atoms with van der Waals surface area (Å²) in [5.41, 5.74) is 1.87. The van der Waals surface area contributed by atoms with Crippen LogP contribution >= 0.6 is 11.3 Å². The molecule has 2 aromatic heterocycles. The van der Waals surface area contributed by atoms with Gasteiger partial charge in [0.15, 0.2) is 11.5 Å². The first kappa shape index (κ1) is 17.8. The van der Waals surface area contributed by atoms with Crippen LogP contribution in [0.5, 0.6) is 11.5 Å². The second-order valence-corrected chi connectivity index (χ2v) is 6.52. The molecule has 2 heterocycles. The van der Waals surface area contributed by atoms with Gasteiger partial charge in [-0.15, -0.1) is 10.2 Å². The van der Waals surface area contributed by atoms with Crippen molar-refractivity contribution in [1.29, 1.82) is 0 Å². The Hall–Kier alpha value is -3.00. The second kappa shape index (κ2) is 8.39. The third kappa shape index (κ3) is 4.54. The molecule has 0 saturated heterocycles. The van der Waals surface area contributed by atoms with Crippen LogP contribution in [0.2, 0.25) is 0 Å². The predicted molar refractivity (Wildman–Crippen MR) is 98.8 cm³/mol. The highest BCUT2D eigenvalue weighted by Gasteiger charge is 2.11. The summed E-state index contributed by atoms with van der Waals surface area (Å²) in [5.74, 6) is 1.20. The molecule has 7 nitrogen and oxygen atoms in total. The third-order valence-corrected chi connectivity index (χ3v) is 4.44. The topological polar surface area (TPSA) is 86.2 Å². The summed E-state index contributed by atoms with van der Waals surface area (Å²) in [6, 6.07) is 9.36. The quantitative estimate of drug-likeness (QED) is 0.688. The van der Waals surface area contributed by atoms with Crippen LogP contribution in [0.25, 0.3) is 0 Å². The van der Waals surface area contributed by atoms with Gasteiger partial charge in [-0.1, -0.05) is 23.5 Å². The highest BCUT2D eigenvalue weighted by molar-refractivity contribution is 7.15. The number of anilines is 1. The number of ether oxygens (including phenoxy) is 2. The lowest BCUT2D eigenvalue weighted by atomic mass is 10.1. The minimum absolute atomic E-state index is 0.146. The van der Waals surface area contributed by atoms with E-state index >= 15 is 0 Å². The average Bonchev–Trinajstić information content (AvgIpc) is 3.09. The predicted octanol–water partition coefficient (Wildman–Crippen LogP) is 2.72. The van der Waals surface area contributed by atoms with Crippen LogP contribution < -0.4 is 14.8 Å². The number of hydrogen-bond acceptors (Lipinski definition) is 7. The Morgan fingerprint density at radius 2 is 1.96 bits per heavy atom. The molecule has 134 valence electrons. The molecule has 3 rings (SSSR count). The molecular formula is C18H18N4O3S. The van der Waals surface area contributed by atoms with E-state index in [1.54, 1.807) is 32.7 Å². The lowest BCUT2D eigenvalue weighted by Crippen LogP contribution is -2.14. The van der Waals surface area contributed by atoms with Gasteiger partial charge < -0.3 is 14.8 Å². The minimum atomic E-state index is -0.146. The van der Waals surface area contributed by atoms with Crippen molar-refractivity contribution in [3.63, 3.8) is 0 Å². The van der Waals surface area contributed by atoms with Crippen molar-refractivity contribution in [2.75, 3.05) is 19.5 Å². The van der Waals surface area contributed by atoms with Crippen LogP contribution in [-0.2, 0) is 17.6 Å². The van der Waals surface area contributed by atoms with Crippen LogP contribution in [0, 0.1) is 0 Å². The molecule has 0 unspecified atom stereocenters. The van der Waals surface area contributed by atoms with Gasteiger partial charge >= 0.3 is 0 Å². The Kier molecular flexibility index (Phi) is 5.75. The summed E-state index contributed by atoms with van der Waals surface area (Å²) in [4.78, 5) is 16.1. The van der Waals surface area contributed by atoms with E-state index in [1.165, 1.54) is 11.3 Å². The van der Waals surface area contributed by atoms with Gasteiger partial charge in [-0.3, -0.25) is 9.78 Å². The van der Waals surface area contributed by atoms with Crippen LogP contribution in [-0.4, -0.2) is 35.3 Å². The molecule has 0 atom stereocenters. The molecule has 26 heavy (non-hydrogen) atoms. The molecule has 0 radical (unpaired) electrons. The zero-order chi connectivity index (χ0) is 18.4. The number of carbonyl (C=O) groups excluding carboxylic acids is 1. The van der Waals surface area contributed by atoms with Crippen molar-refractivity contribution in [2.24, 2.45) is 0 Å². The van der Waals surface area contributed by atoms with Crippen LogP contribution in [0.4, 0.5) is 5.13 Å². The number of rotatable bonds is 7. The van der Waals surface area contributed by atoms with Crippen LogP contribution in [0.3, 0.4) is 0 Å². The molecule has 1 amide bonds. The van der Waals surface area contributed by atoms with Gasteiger partial charge in [0.25, 0.3) is 0 Å². The van der Waals surface area contributed by atoms with Crippen molar-refractivity contribution in [3.8, 4) is 11.5 Å². The molecule has 0 aliphatic heterocycles. The van der Waals surface area contributed by atoms with Gasteiger partial charge in [-0.25, -0.2) is 0 Å². The smallest absolute Gasteiger partial charge is 0.230 e. The van der Waals surface area contributed by atoms with Gasteiger partial charge in [0, 0.05) is 18.8 Å². The largest absolute Gasteiger partial charge is 0.493 e. The molecule has 1 N–H and O–H groups in total. The Morgan fingerprint density at radius 3 is 2.69 bits per heavy atom. The van der Waals surface area contributed by atoms with Gasteiger partial charge in [0.1, 0.15) is 5.01 Å². The van der Waals surface area contributed by atoms with Crippen molar-refractivity contribution >= 4 is 22.4 Å². The maximum Gasteiger partial charge on any atom is 0.230 e. The summed E-state index contributed by atoms with van der Waals surface area (Å²) < 4.78 is 10.5. The van der Waals surface area contributed by atoms with Crippen molar-refractivity contribution in [3.05, 3.63) is 58.9 Å². The number of pyridine rings is 1. The van der Waals surface area contributed by atoms with E-state index in [0.29, 0.717) is 23.1 Å². The zero-order valence-corrected chi connectivity index (χ0v) is 15.2. The van der Waals surface area contributed by atoms with Gasteiger partial charge in [0.05, 0.1) is 20.6 Å². The molecule has 0 saturated carbocycles. The van der Waals surface area contributed by atoms with E-state index in [2.05, 4.69) is 20.5 Å². The van der Waals surface area contributed by atoms with E-state index in [-0.39, 0.29) is 12.3 Å². The Bertz CT molecular complexity index is 883. The Morgan fingerprint density at radius 1 is 1.12 bits per heavy atom. The van der Waals surface area contributed by atoms with Crippen LogP contribution in [0.15, 0.2) is 42.7 Å². The Labute approximate surface area is 155 Å².